The van der Waals surface area contributed by atoms with E-state index in [0.717, 1.165) is 49.5 Å². The summed E-state index contributed by atoms with van der Waals surface area (Å²) < 4.78 is 16.4. The van der Waals surface area contributed by atoms with Crippen molar-refractivity contribution in [2.24, 2.45) is 0 Å². The van der Waals surface area contributed by atoms with Crippen LogP contribution in [-0.2, 0) is 4.74 Å². The molecule has 0 bridgehead atoms. The number of nitrogens with zero attached hydrogens (tertiary/aromatic N) is 2. The van der Waals surface area contributed by atoms with Crippen LogP contribution in [0.4, 0.5) is 5.13 Å². The number of thiazole rings is 1. The van der Waals surface area contributed by atoms with Gasteiger partial charge in [-0.05, 0) is 24.6 Å². The Morgan fingerprint density at radius 1 is 1.24 bits per heavy atom. The highest BCUT2D eigenvalue weighted by Crippen LogP contribution is 2.32. The van der Waals surface area contributed by atoms with Crippen LogP contribution in [0, 0.1) is 6.92 Å². The molecule has 1 aliphatic rings. The van der Waals surface area contributed by atoms with Crippen molar-refractivity contribution in [1.82, 2.24) is 9.88 Å². The number of benzene rings is 1. The molecule has 0 amide bonds. The quantitative estimate of drug-likeness (QED) is 0.816. The van der Waals surface area contributed by atoms with Gasteiger partial charge in [-0.25, -0.2) is 4.98 Å². The summed E-state index contributed by atoms with van der Waals surface area (Å²) in [5.41, 5.74) is 1.19. The Balaban J connectivity index is 1.82. The summed E-state index contributed by atoms with van der Waals surface area (Å²) in [4.78, 5) is 8.05. The molecule has 1 atom stereocenters. The number of methoxy groups -OCH3 is 2. The first-order valence-corrected chi connectivity index (χ1v) is 9.23. The third kappa shape index (κ3) is 4.42. The van der Waals surface area contributed by atoms with E-state index in [9.17, 15) is 0 Å². The first-order chi connectivity index (χ1) is 12.2. The maximum atomic E-state index is 5.52. The Morgan fingerprint density at radius 3 is 2.64 bits per heavy atom. The van der Waals surface area contributed by atoms with Crippen LogP contribution in [0.3, 0.4) is 0 Å². The van der Waals surface area contributed by atoms with Gasteiger partial charge in [-0.1, -0.05) is 6.07 Å². The van der Waals surface area contributed by atoms with Gasteiger partial charge in [0.05, 0.1) is 33.5 Å². The molecule has 6 nitrogen and oxygen atoms in total. The third-order valence-electron chi connectivity index (χ3n) is 4.35. The molecule has 1 unspecified atom stereocenters. The second-order valence-corrected chi connectivity index (χ2v) is 7.17. The highest BCUT2D eigenvalue weighted by Gasteiger charge is 2.24. The minimum Gasteiger partial charge on any atom is -0.493 e. The SMILES string of the molecule is COc1ccc(C(CNc2ncc(C)s2)N2CCOCC2)cc1OC. The average molecular weight is 363 g/mol. The van der Waals surface area contributed by atoms with Crippen molar-refractivity contribution in [3.05, 3.63) is 34.8 Å². The molecular formula is C18H25N3O3S. The number of aromatic nitrogens is 1. The van der Waals surface area contributed by atoms with E-state index in [1.807, 2.05) is 12.3 Å². The third-order valence-corrected chi connectivity index (χ3v) is 5.22. The van der Waals surface area contributed by atoms with Gasteiger partial charge in [-0.2, -0.15) is 0 Å². The molecule has 1 aliphatic heterocycles. The number of morpholine rings is 1. The summed E-state index contributed by atoms with van der Waals surface area (Å²) in [6.07, 6.45) is 1.90. The fraction of sp³-hybridized carbons (Fsp3) is 0.500. The van der Waals surface area contributed by atoms with E-state index in [1.54, 1.807) is 25.6 Å². The number of nitrogens with one attached hydrogen (secondary N) is 1. The van der Waals surface area contributed by atoms with E-state index in [2.05, 4.69) is 34.3 Å². The van der Waals surface area contributed by atoms with Crippen molar-refractivity contribution in [3.8, 4) is 11.5 Å². The minimum absolute atomic E-state index is 0.216. The minimum atomic E-state index is 0.216. The topological polar surface area (TPSA) is 55.9 Å². The summed E-state index contributed by atoms with van der Waals surface area (Å²) in [6, 6.07) is 6.35. The maximum absolute atomic E-state index is 5.52. The smallest absolute Gasteiger partial charge is 0.182 e. The Morgan fingerprint density at radius 2 is 2.00 bits per heavy atom. The second kappa shape index (κ2) is 8.51. The molecule has 1 saturated heterocycles. The van der Waals surface area contributed by atoms with Crippen molar-refractivity contribution in [1.29, 1.82) is 0 Å². The van der Waals surface area contributed by atoms with E-state index < -0.39 is 0 Å². The van der Waals surface area contributed by atoms with Crippen molar-refractivity contribution >= 4 is 16.5 Å². The van der Waals surface area contributed by atoms with E-state index in [0.29, 0.717) is 0 Å². The zero-order valence-corrected chi connectivity index (χ0v) is 15.8. The molecule has 2 heterocycles. The van der Waals surface area contributed by atoms with Crippen LogP contribution >= 0.6 is 11.3 Å². The van der Waals surface area contributed by atoms with E-state index in [-0.39, 0.29) is 6.04 Å². The molecule has 25 heavy (non-hydrogen) atoms. The van der Waals surface area contributed by atoms with E-state index >= 15 is 0 Å². The van der Waals surface area contributed by atoms with Gasteiger partial charge < -0.3 is 19.5 Å². The van der Waals surface area contributed by atoms with Gasteiger partial charge in [-0.3, -0.25) is 4.90 Å². The average Bonchev–Trinajstić information content (AvgIpc) is 3.07. The zero-order valence-electron chi connectivity index (χ0n) is 14.9. The second-order valence-electron chi connectivity index (χ2n) is 5.94. The van der Waals surface area contributed by atoms with Gasteiger partial charge >= 0.3 is 0 Å². The Kier molecular flexibility index (Phi) is 6.12. The van der Waals surface area contributed by atoms with Crippen LogP contribution in [-0.4, -0.2) is 57.0 Å². The Hall–Kier alpha value is -1.83. The maximum Gasteiger partial charge on any atom is 0.182 e. The lowest BCUT2D eigenvalue weighted by Gasteiger charge is -2.35. The highest BCUT2D eigenvalue weighted by molar-refractivity contribution is 7.15. The number of ether oxygens (including phenoxy) is 3. The predicted octanol–water partition coefficient (Wildman–Crippen LogP) is 2.95. The van der Waals surface area contributed by atoms with Gasteiger partial charge in [0.1, 0.15) is 0 Å². The standard InChI is InChI=1S/C18H25N3O3S/c1-13-11-19-18(25-13)20-12-15(21-6-8-24-9-7-21)14-4-5-16(22-2)17(10-14)23-3/h4-5,10-11,15H,6-9,12H2,1-3H3,(H,19,20). The Labute approximate surface area is 152 Å². The van der Waals surface area contributed by atoms with Crippen LogP contribution in [0.5, 0.6) is 11.5 Å². The zero-order chi connectivity index (χ0) is 17.6. The first-order valence-electron chi connectivity index (χ1n) is 8.41. The summed E-state index contributed by atoms with van der Waals surface area (Å²) in [7, 11) is 3.32. The molecular weight excluding hydrogens is 338 g/mol. The molecule has 136 valence electrons. The van der Waals surface area contributed by atoms with Crippen molar-refractivity contribution in [3.63, 3.8) is 0 Å². The lowest BCUT2D eigenvalue weighted by Crippen LogP contribution is -2.41. The number of hydrogen-bond donors (Lipinski definition) is 1. The largest absolute Gasteiger partial charge is 0.493 e. The number of hydrogen-bond acceptors (Lipinski definition) is 7. The molecule has 2 aromatic rings. The first kappa shape index (κ1) is 18.0. The number of aryl methyl sites for hydroxylation is 1. The molecule has 1 N–H and O–H groups in total. The molecule has 3 rings (SSSR count). The van der Waals surface area contributed by atoms with Gasteiger partial charge in [0, 0.05) is 30.7 Å². The molecule has 0 aliphatic carbocycles. The summed E-state index contributed by atoms with van der Waals surface area (Å²) >= 11 is 1.68. The van der Waals surface area contributed by atoms with E-state index in [4.69, 9.17) is 14.2 Å². The molecule has 7 heteroatoms. The van der Waals surface area contributed by atoms with Gasteiger partial charge in [0.15, 0.2) is 16.6 Å². The van der Waals surface area contributed by atoms with Crippen molar-refractivity contribution in [2.75, 3.05) is 52.4 Å². The normalized spacial score (nSPS) is 16.4. The predicted molar refractivity (Wildman–Crippen MR) is 100 cm³/mol. The molecule has 0 spiro atoms. The van der Waals surface area contributed by atoms with Crippen molar-refractivity contribution < 1.29 is 14.2 Å². The van der Waals surface area contributed by atoms with Crippen LogP contribution < -0.4 is 14.8 Å². The Bertz CT molecular complexity index is 686. The van der Waals surface area contributed by atoms with Crippen molar-refractivity contribution in [2.45, 2.75) is 13.0 Å². The summed E-state index contributed by atoms with van der Waals surface area (Å²) in [5, 5.41) is 4.44. The van der Waals surface area contributed by atoms with Crippen LogP contribution in [0.15, 0.2) is 24.4 Å². The summed E-state index contributed by atoms with van der Waals surface area (Å²) in [5.74, 6) is 1.50. The lowest BCUT2D eigenvalue weighted by molar-refractivity contribution is 0.0186. The van der Waals surface area contributed by atoms with Gasteiger partial charge in [-0.15, -0.1) is 11.3 Å². The fourth-order valence-corrected chi connectivity index (χ4v) is 3.70. The van der Waals surface area contributed by atoms with Crippen LogP contribution in [0.1, 0.15) is 16.5 Å². The van der Waals surface area contributed by atoms with E-state index in [1.165, 1.54) is 10.4 Å². The fourth-order valence-electron chi connectivity index (χ4n) is 3.03. The highest BCUT2D eigenvalue weighted by atomic mass is 32.1. The molecule has 1 aromatic carbocycles. The molecule has 1 fully saturated rings. The molecule has 1 aromatic heterocycles. The van der Waals surface area contributed by atoms with Crippen LogP contribution in [0.25, 0.3) is 0 Å². The lowest BCUT2D eigenvalue weighted by atomic mass is 10.0. The number of anilines is 1. The monoisotopic (exact) mass is 363 g/mol. The van der Waals surface area contributed by atoms with Crippen LogP contribution in [0.2, 0.25) is 0 Å². The number of rotatable bonds is 7. The van der Waals surface area contributed by atoms with Gasteiger partial charge in [0.25, 0.3) is 0 Å². The molecule has 0 saturated carbocycles. The van der Waals surface area contributed by atoms with Gasteiger partial charge in [0.2, 0.25) is 0 Å². The molecule has 0 radical (unpaired) electrons. The summed E-state index contributed by atoms with van der Waals surface area (Å²) in [6.45, 7) is 6.20.